The first kappa shape index (κ1) is 19.1. The third-order valence-electron chi connectivity index (χ3n) is 4.01. The number of nitrogens with one attached hydrogen (secondary N) is 1. The van der Waals surface area contributed by atoms with Crippen LogP contribution >= 0.6 is 11.8 Å². The van der Waals surface area contributed by atoms with Crippen molar-refractivity contribution in [1.82, 2.24) is 14.8 Å². The molecule has 1 amide bonds. The van der Waals surface area contributed by atoms with Crippen molar-refractivity contribution in [2.45, 2.75) is 37.7 Å². The van der Waals surface area contributed by atoms with Gasteiger partial charge in [-0.3, -0.25) is 4.79 Å². The van der Waals surface area contributed by atoms with Gasteiger partial charge in [-0.05, 0) is 49.2 Å². The van der Waals surface area contributed by atoms with Gasteiger partial charge in [0.1, 0.15) is 11.6 Å². The highest BCUT2D eigenvalue weighted by Crippen LogP contribution is 2.22. The van der Waals surface area contributed by atoms with Gasteiger partial charge >= 0.3 is 0 Å². The number of aromatic nitrogens is 3. The van der Waals surface area contributed by atoms with Crippen LogP contribution in [0, 0.1) is 12.7 Å². The molecule has 0 saturated heterocycles. The summed E-state index contributed by atoms with van der Waals surface area (Å²) in [5.74, 6) is 0.915. The van der Waals surface area contributed by atoms with Gasteiger partial charge in [0, 0.05) is 18.0 Å². The number of rotatable bonds is 7. The molecule has 0 aliphatic heterocycles. The number of amides is 1. The molecule has 0 spiro atoms. The van der Waals surface area contributed by atoms with Crippen LogP contribution in [0.25, 0.3) is 0 Å². The van der Waals surface area contributed by atoms with Crippen LogP contribution < -0.4 is 5.32 Å². The van der Waals surface area contributed by atoms with Gasteiger partial charge in [0.25, 0.3) is 0 Å². The van der Waals surface area contributed by atoms with Crippen molar-refractivity contribution in [1.29, 1.82) is 0 Å². The number of benzene rings is 2. The largest absolute Gasteiger partial charge is 0.326 e. The maximum Gasteiger partial charge on any atom is 0.232 e. The number of halogens is 1. The Morgan fingerprint density at radius 3 is 2.67 bits per heavy atom. The van der Waals surface area contributed by atoms with Crippen LogP contribution in [-0.2, 0) is 23.5 Å². The Bertz CT molecular complexity index is 924. The number of hydrogen-bond donors (Lipinski definition) is 1. The molecular formula is C20H21FN4OS. The van der Waals surface area contributed by atoms with Crippen molar-refractivity contribution in [2.75, 3.05) is 5.32 Å². The second-order valence-electron chi connectivity index (χ2n) is 6.15. The predicted octanol–water partition coefficient (Wildman–Crippen LogP) is 4.22. The first-order valence-corrected chi connectivity index (χ1v) is 9.69. The SMILES string of the molecule is CCn1c(CC(=O)Nc2cccc(C)c2)nnc1SCc1ccc(F)cc1. The molecule has 5 nitrogen and oxygen atoms in total. The molecular weight excluding hydrogens is 363 g/mol. The van der Waals surface area contributed by atoms with Gasteiger partial charge in [-0.2, -0.15) is 0 Å². The molecule has 0 aliphatic carbocycles. The molecule has 3 aromatic rings. The highest BCUT2D eigenvalue weighted by atomic mass is 32.2. The van der Waals surface area contributed by atoms with Crippen LogP contribution in [0.5, 0.6) is 0 Å². The summed E-state index contributed by atoms with van der Waals surface area (Å²) in [6.45, 7) is 4.65. The Labute approximate surface area is 162 Å². The fraction of sp³-hybridized carbons (Fsp3) is 0.250. The molecule has 1 aromatic heterocycles. The molecule has 0 fully saturated rings. The fourth-order valence-corrected chi connectivity index (χ4v) is 3.65. The molecule has 0 aliphatic rings. The van der Waals surface area contributed by atoms with E-state index in [0.717, 1.165) is 22.0 Å². The standard InChI is InChI=1S/C20H21FN4OS/c1-3-25-18(12-19(26)22-17-6-4-5-14(2)11-17)23-24-20(25)27-13-15-7-9-16(21)10-8-15/h4-11H,3,12-13H2,1-2H3,(H,22,26). The molecule has 0 unspecified atom stereocenters. The Kier molecular flexibility index (Phi) is 6.24. The van der Waals surface area contributed by atoms with Crippen molar-refractivity contribution in [3.63, 3.8) is 0 Å². The van der Waals surface area contributed by atoms with Crippen molar-refractivity contribution in [2.24, 2.45) is 0 Å². The normalized spacial score (nSPS) is 10.8. The van der Waals surface area contributed by atoms with Crippen LogP contribution in [0.4, 0.5) is 10.1 Å². The molecule has 3 rings (SSSR count). The van der Waals surface area contributed by atoms with Gasteiger partial charge in [-0.1, -0.05) is 36.0 Å². The number of thioether (sulfide) groups is 1. The molecule has 2 aromatic carbocycles. The molecule has 0 radical (unpaired) electrons. The van der Waals surface area contributed by atoms with E-state index >= 15 is 0 Å². The average Bonchev–Trinajstić information content (AvgIpc) is 3.02. The maximum atomic E-state index is 13.0. The van der Waals surface area contributed by atoms with Crippen molar-refractivity contribution in [3.05, 3.63) is 71.3 Å². The summed E-state index contributed by atoms with van der Waals surface area (Å²) in [7, 11) is 0. The molecule has 1 N–H and O–H groups in total. The zero-order chi connectivity index (χ0) is 19.2. The van der Waals surface area contributed by atoms with Crippen molar-refractivity contribution < 1.29 is 9.18 Å². The van der Waals surface area contributed by atoms with Crippen molar-refractivity contribution >= 4 is 23.4 Å². The lowest BCUT2D eigenvalue weighted by Crippen LogP contribution is -2.17. The summed E-state index contributed by atoms with van der Waals surface area (Å²) in [5.41, 5.74) is 2.86. The Morgan fingerprint density at radius 1 is 1.19 bits per heavy atom. The molecule has 7 heteroatoms. The van der Waals surface area contributed by atoms with Gasteiger partial charge in [0.05, 0.1) is 6.42 Å². The summed E-state index contributed by atoms with van der Waals surface area (Å²) in [4.78, 5) is 12.3. The molecule has 0 saturated carbocycles. The number of nitrogens with zero attached hydrogens (tertiary/aromatic N) is 3. The summed E-state index contributed by atoms with van der Waals surface area (Å²) in [5, 5.41) is 12.0. The van der Waals surface area contributed by atoms with Crippen LogP contribution in [0.3, 0.4) is 0 Å². The van der Waals surface area contributed by atoms with Gasteiger partial charge in [-0.25, -0.2) is 4.39 Å². The van der Waals surface area contributed by atoms with E-state index in [1.807, 2.05) is 42.7 Å². The highest BCUT2D eigenvalue weighted by Gasteiger charge is 2.15. The molecule has 27 heavy (non-hydrogen) atoms. The lowest BCUT2D eigenvalue weighted by Gasteiger charge is -2.08. The molecule has 0 bridgehead atoms. The first-order valence-electron chi connectivity index (χ1n) is 8.71. The summed E-state index contributed by atoms with van der Waals surface area (Å²) < 4.78 is 14.9. The average molecular weight is 384 g/mol. The number of hydrogen-bond acceptors (Lipinski definition) is 4. The van der Waals surface area contributed by atoms with E-state index < -0.39 is 0 Å². The van der Waals surface area contributed by atoms with Gasteiger partial charge in [0.15, 0.2) is 5.16 Å². The monoisotopic (exact) mass is 384 g/mol. The van der Waals surface area contributed by atoms with Gasteiger partial charge < -0.3 is 9.88 Å². The number of anilines is 1. The minimum absolute atomic E-state index is 0.127. The quantitative estimate of drug-likeness (QED) is 0.620. The van der Waals surface area contributed by atoms with E-state index in [2.05, 4.69) is 15.5 Å². The number of carbonyl (C=O) groups is 1. The summed E-state index contributed by atoms with van der Waals surface area (Å²) >= 11 is 1.52. The van der Waals surface area contributed by atoms with E-state index in [1.54, 1.807) is 12.1 Å². The lowest BCUT2D eigenvalue weighted by molar-refractivity contribution is -0.115. The Hall–Kier alpha value is -2.67. The second-order valence-corrected chi connectivity index (χ2v) is 7.10. The third-order valence-corrected chi connectivity index (χ3v) is 5.05. The molecule has 140 valence electrons. The fourth-order valence-electron chi connectivity index (χ4n) is 2.67. The van der Waals surface area contributed by atoms with E-state index in [9.17, 15) is 9.18 Å². The van der Waals surface area contributed by atoms with E-state index in [4.69, 9.17) is 0 Å². The number of carbonyl (C=O) groups excluding carboxylic acids is 1. The minimum Gasteiger partial charge on any atom is -0.326 e. The maximum absolute atomic E-state index is 13.0. The Balaban J connectivity index is 1.64. The van der Waals surface area contributed by atoms with Crippen molar-refractivity contribution in [3.8, 4) is 0 Å². The second kappa shape index (κ2) is 8.81. The van der Waals surface area contributed by atoms with Crippen LogP contribution in [0.1, 0.15) is 23.9 Å². The van der Waals surface area contributed by atoms with Gasteiger partial charge in [0.2, 0.25) is 5.91 Å². The lowest BCUT2D eigenvalue weighted by atomic mass is 10.2. The smallest absolute Gasteiger partial charge is 0.232 e. The zero-order valence-corrected chi connectivity index (χ0v) is 16.1. The van der Waals surface area contributed by atoms with Crippen LogP contribution in [0.15, 0.2) is 53.7 Å². The third kappa shape index (κ3) is 5.17. The van der Waals surface area contributed by atoms with Crippen LogP contribution in [-0.4, -0.2) is 20.7 Å². The summed E-state index contributed by atoms with van der Waals surface area (Å²) in [6.07, 6.45) is 0.159. The molecule has 1 heterocycles. The van der Waals surface area contributed by atoms with E-state index in [1.165, 1.54) is 23.9 Å². The minimum atomic E-state index is -0.248. The Morgan fingerprint density at radius 2 is 1.96 bits per heavy atom. The highest BCUT2D eigenvalue weighted by molar-refractivity contribution is 7.98. The van der Waals surface area contributed by atoms with Crippen LogP contribution in [0.2, 0.25) is 0 Å². The number of aryl methyl sites for hydroxylation is 1. The zero-order valence-electron chi connectivity index (χ0n) is 15.3. The van der Waals surface area contributed by atoms with E-state index in [-0.39, 0.29) is 18.1 Å². The predicted molar refractivity (Wildman–Crippen MR) is 105 cm³/mol. The van der Waals surface area contributed by atoms with Gasteiger partial charge in [-0.15, -0.1) is 10.2 Å². The molecule has 0 atom stereocenters. The first-order chi connectivity index (χ1) is 13.0. The van der Waals surface area contributed by atoms with E-state index in [0.29, 0.717) is 18.1 Å². The topological polar surface area (TPSA) is 59.8 Å². The summed E-state index contributed by atoms with van der Waals surface area (Å²) in [6, 6.07) is 14.1.